The fourth-order valence-electron chi connectivity index (χ4n) is 4.76. The molecule has 0 aliphatic carbocycles. The van der Waals surface area contributed by atoms with Crippen LogP contribution < -0.4 is 9.80 Å². The number of carbonyl (C=O) groups is 2. The van der Waals surface area contributed by atoms with Crippen molar-refractivity contribution in [2.75, 3.05) is 9.80 Å². The van der Waals surface area contributed by atoms with E-state index in [1.807, 2.05) is 0 Å². The Morgan fingerprint density at radius 1 is 0.846 bits per heavy atom. The van der Waals surface area contributed by atoms with E-state index in [0.717, 1.165) is 4.90 Å². The summed E-state index contributed by atoms with van der Waals surface area (Å²) in [4.78, 5) is 29.0. The zero-order valence-corrected chi connectivity index (χ0v) is 21.9. The molecule has 0 fully saturated rings. The van der Waals surface area contributed by atoms with E-state index in [1.165, 1.54) is 30.0 Å². The first-order valence-electron chi connectivity index (χ1n) is 11.6. The first-order chi connectivity index (χ1) is 18.1. The molecule has 2 amide bonds. The smallest absolute Gasteiger partial charge is 0.305 e. The molecule has 2 atom stereocenters. The maximum Gasteiger partial charge on any atom is 0.416 e. The van der Waals surface area contributed by atoms with Crippen molar-refractivity contribution in [2.24, 2.45) is 0 Å². The van der Waals surface area contributed by atoms with Gasteiger partial charge in [-0.15, -0.1) is 0 Å². The fourth-order valence-corrected chi connectivity index (χ4v) is 5.07. The summed E-state index contributed by atoms with van der Waals surface area (Å²) >= 11 is 12.2. The molecule has 0 saturated carbocycles. The number of nitrogens with zero attached hydrogens (tertiary/aromatic N) is 2. The monoisotopic (exact) mass is 588 g/mol. The number of rotatable bonds is 3. The van der Waals surface area contributed by atoms with Crippen LogP contribution in [0.5, 0.6) is 0 Å². The molecule has 0 radical (unpaired) electrons. The van der Waals surface area contributed by atoms with E-state index >= 15 is 0 Å². The molecule has 1 heterocycles. The topological polar surface area (TPSA) is 40.6 Å². The zero-order valence-electron chi connectivity index (χ0n) is 20.4. The minimum Gasteiger partial charge on any atom is -0.305 e. The second-order valence-corrected chi connectivity index (χ2v) is 10.0. The lowest BCUT2D eigenvalue weighted by Crippen LogP contribution is -2.47. The van der Waals surface area contributed by atoms with Gasteiger partial charge in [-0.1, -0.05) is 23.2 Å². The summed E-state index contributed by atoms with van der Waals surface area (Å²) in [5.41, 5.74) is -2.84. The minimum atomic E-state index is -5.11. The molecule has 4 rings (SSSR count). The second-order valence-electron chi connectivity index (χ2n) is 9.14. The Labute approximate surface area is 229 Å². The summed E-state index contributed by atoms with van der Waals surface area (Å²) in [5.74, 6) is -1.39. The number of amides is 2. The number of halogens is 8. The predicted molar refractivity (Wildman–Crippen MR) is 136 cm³/mol. The van der Waals surface area contributed by atoms with Crippen molar-refractivity contribution in [1.29, 1.82) is 0 Å². The van der Waals surface area contributed by atoms with E-state index in [-0.39, 0.29) is 29.1 Å². The second kappa shape index (κ2) is 10.4. The summed E-state index contributed by atoms with van der Waals surface area (Å²) in [7, 11) is 0. The van der Waals surface area contributed by atoms with Gasteiger partial charge in [0, 0.05) is 45.5 Å². The van der Waals surface area contributed by atoms with Crippen LogP contribution in [0.25, 0.3) is 0 Å². The molecule has 206 valence electrons. The molecule has 3 aromatic rings. The molecule has 0 unspecified atom stereocenters. The Balaban J connectivity index is 1.85. The van der Waals surface area contributed by atoms with Gasteiger partial charge in [0.05, 0.1) is 17.2 Å². The largest absolute Gasteiger partial charge is 0.416 e. The van der Waals surface area contributed by atoms with Crippen LogP contribution in [-0.2, 0) is 17.1 Å². The van der Waals surface area contributed by atoms with Crippen molar-refractivity contribution in [3.05, 3.63) is 93.0 Å². The van der Waals surface area contributed by atoms with Crippen LogP contribution in [0.15, 0.2) is 60.7 Å². The standard InChI is InChI=1S/C27H20Cl2F6N2O2/c1-14-9-24(37(15(2)38)21-6-3-19(28)4-7-21)22-13-20(29)5-8-23(22)36(14)25(39)16-10-17(26(30,31)32)12-18(11-16)27(33,34)35/h3-8,10-14,24H,9H2,1-2H3/t14-,24+/m0/s1. The Bertz CT molecular complexity index is 1390. The van der Waals surface area contributed by atoms with E-state index in [9.17, 15) is 35.9 Å². The van der Waals surface area contributed by atoms with Crippen LogP contribution in [0.3, 0.4) is 0 Å². The van der Waals surface area contributed by atoms with Crippen molar-refractivity contribution in [3.63, 3.8) is 0 Å². The van der Waals surface area contributed by atoms with Crippen molar-refractivity contribution >= 4 is 46.4 Å². The summed E-state index contributed by atoms with van der Waals surface area (Å²) in [6, 6.07) is 10.3. The molecular formula is C27H20Cl2F6N2O2. The average Bonchev–Trinajstić information content (AvgIpc) is 2.84. The summed E-state index contributed by atoms with van der Waals surface area (Å²) in [6.07, 6.45) is -10.1. The van der Waals surface area contributed by atoms with E-state index in [2.05, 4.69) is 0 Å². The third kappa shape index (κ3) is 5.86. The van der Waals surface area contributed by atoms with E-state index in [0.29, 0.717) is 28.4 Å². The third-order valence-corrected chi connectivity index (χ3v) is 6.91. The summed E-state index contributed by atoms with van der Waals surface area (Å²) in [6.45, 7) is 2.95. The number of carbonyl (C=O) groups excluding carboxylic acids is 2. The quantitative estimate of drug-likeness (QED) is 0.287. The number of hydrogen-bond donors (Lipinski definition) is 0. The van der Waals surface area contributed by atoms with Gasteiger partial charge in [-0.25, -0.2) is 0 Å². The average molecular weight is 589 g/mol. The maximum absolute atomic E-state index is 13.6. The Kier molecular flexibility index (Phi) is 7.66. The van der Waals surface area contributed by atoms with Gasteiger partial charge in [0.15, 0.2) is 0 Å². The minimum absolute atomic E-state index is 0.0307. The number of benzene rings is 3. The Morgan fingerprint density at radius 2 is 1.38 bits per heavy atom. The molecule has 39 heavy (non-hydrogen) atoms. The highest BCUT2D eigenvalue weighted by Gasteiger charge is 2.41. The lowest BCUT2D eigenvalue weighted by Gasteiger charge is -2.43. The van der Waals surface area contributed by atoms with Gasteiger partial charge in [0.25, 0.3) is 5.91 Å². The van der Waals surface area contributed by atoms with Crippen LogP contribution in [0.4, 0.5) is 37.7 Å². The van der Waals surface area contributed by atoms with E-state index in [4.69, 9.17) is 23.2 Å². The molecule has 0 saturated heterocycles. The van der Waals surface area contributed by atoms with Gasteiger partial charge in [0.1, 0.15) is 0 Å². The molecule has 1 aliphatic heterocycles. The van der Waals surface area contributed by atoms with Crippen LogP contribution in [-0.4, -0.2) is 17.9 Å². The highest BCUT2D eigenvalue weighted by atomic mass is 35.5. The van der Waals surface area contributed by atoms with Gasteiger partial charge >= 0.3 is 12.4 Å². The normalized spacial score (nSPS) is 17.5. The zero-order chi connectivity index (χ0) is 28.9. The fraction of sp³-hybridized carbons (Fsp3) is 0.259. The van der Waals surface area contributed by atoms with Gasteiger partial charge in [0.2, 0.25) is 5.91 Å². The molecule has 0 bridgehead atoms. The molecule has 0 spiro atoms. The first-order valence-corrected chi connectivity index (χ1v) is 12.3. The van der Waals surface area contributed by atoms with Crippen molar-refractivity contribution in [2.45, 2.75) is 44.7 Å². The van der Waals surface area contributed by atoms with E-state index < -0.39 is 47.0 Å². The van der Waals surface area contributed by atoms with E-state index in [1.54, 1.807) is 31.2 Å². The van der Waals surface area contributed by atoms with Crippen LogP contribution in [0.1, 0.15) is 53.4 Å². The van der Waals surface area contributed by atoms with Crippen LogP contribution in [0, 0.1) is 0 Å². The number of anilines is 2. The Morgan fingerprint density at radius 3 is 1.90 bits per heavy atom. The Hall–Kier alpha value is -3.24. The summed E-state index contributed by atoms with van der Waals surface area (Å²) in [5, 5.41) is 0.706. The molecular weight excluding hydrogens is 569 g/mol. The van der Waals surface area contributed by atoms with Gasteiger partial charge in [-0.3, -0.25) is 9.59 Å². The molecule has 0 aromatic heterocycles. The lowest BCUT2D eigenvalue weighted by atomic mass is 9.89. The van der Waals surface area contributed by atoms with Crippen molar-refractivity contribution < 1.29 is 35.9 Å². The predicted octanol–water partition coefficient (Wildman–Crippen LogP) is 8.56. The number of hydrogen-bond acceptors (Lipinski definition) is 2. The first kappa shape index (κ1) is 28.8. The molecule has 1 aliphatic rings. The molecule has 4 nitrogen and oxygen atoms in total. The van der Waals surface area contributed by atoms with Crippen molar-refractivity contribution in [1.82, 2.24) is 0 Å². The lowest BCUT2D eigenvalue weighted by molar-refractivity contribution is -0.143. The van der Waals surface area contributed by atoms with Gasteiger partial charge in [-0.05, 0) is 74.0 Å². The van der Waals surface area contributed by atoms with Crippen molar-refractivity contribution in [3.8, 4) is 0 Å². The highest BCUT2D eigenvalue weighted by Crippen LogP contribution is 2.45. The third-order valence-electron chi connectivity index (χ3n) is 6.42. The van der Waals surface area contributed by atoms with Gasteiger partial charge < -0.3 is 9.80 Å². The number of alkyl halides is 6. The van der Waals surface area contributed by atoms with Crippen LogP contribution >= 0.6 is 23.2 Å². The SMILES string of the molecule is CC(=O)N(c1ccc(Cl)cc1)[C@@H]1C[C@H](C)N(C(=O)c2cc(C(F)(F)F)cc(C(F)(F)F)c2)c2ccc(Cl)cc21. The maximum atomic E-state index is 13.6. The van der Waals surface area contributed by atoms with Crippen LogP contribution in [0.2, 0.25) is 10.0 Å². The molecule has 12 heteroatoms. The number of fused-ring (bicyclic) bond motifs is 1. The molecule has 0 N–H and O–H groups in total. The van der Waals surface area contributed by atoms with Gasteiger partial charge in [-0.2, -0.15) is 26.3 Å². The highest BCUT2D eigenvalue weighted by molar-refractivity contribution is 6.31. The summed E-state index contributed by atoms with van der Waals surface area (Å²) < 4.78 is 80.7. The molecule has 3 aromatic carbocycles.